The van der Waals surface area contributed by atoms with Gasteiger partial charge in [-0.25, -0.2) is 9.97 Å². The number of nitrogens with zero attached hydrogens (tertiary/aromatic N) is 4. The fourth-order valence-electron chi connectivity index (χ4n) is 3.75. The average molecular weight is 334 g/mol. The first-order valence-electron chi connectivity index (χ1n) is 8.58. The van der Waals surface area contributed by atoms with Crippen molar-refractivity contribution in [2.75, 3.05) is 38.2 Å². The Morgan fingerprint density at radius 2 is 1.96 bits per heavy atom. The third-order valence-electron chi connectivity index (χ3n) is 5.19. The average Bonchev–Trinajstić information content (AvgIpc) is 2.59. The summed E-state index contributed by atoms with van der Waals surface area (Å²) in [4.78, 5) is 24.8. The van der Waals surface area contributed by atoms with Gasteiger partial charge in [-0.1, -0.05) is 0 Å². The lowest BCUT2D eigenvalue weighted by molar-refractivity contribution is -0.139. The molecule has 1 spiro atoms. The third-order valence-corrected chi connectivity index (χ3v) is 5.19. The van der Waals surface area contributed by atoms with Crippen molar-refractivity contribution >= 4 is 11.9 Å². The maximum absolute atomic E-state index is 12.1. The fraction of sp³-hybridized carbons (Fsp3) is 0.706. The molecule has 132 valence electrons. The summed E-state index contributed by atoms with van der Waals surface area (Å²) in [5.41, 5.74) is 0.172. The van der Waals surface area contributed by atoms with E-state index in [2.05, 4.69) is 14.9 Å². The van der Waals surface area contributed by atoms with Gasteiger partial charge in [-0.05, 0) is 31.6 Å². The molecule has 7 heteroatoms. The quantitative estimate of drug-likeness (QED) is 0.887. The van der Waals surface area contributed by atoms with Crippen LogP contribution in [0.15, 0.2) is 12.4 Å². The van der Waals surface area contributed by atoms with Crippen LogP contribution in [-0.4, -0.2) is 65.3 Å². The van der Waals surface area contributed by atoms with Gasteiger partial charge < -0.3 is 19.6 Å². The van der Waals surface area contributed by atoms with Crippen LogP contribution in [0, 0.1) is 5.41 Å². The molecule has 3 heterocycles. The van der Waals surface area contributed by atoms with Crippen LogP contribution in [0.1, 0.15) is 32.6 Å². The topological polar surface area (TPSA) is 78.8 Å². The minimum absolute atomic E-state index is 0.169. The number of hydrogen-bond donors (Lipinski definition) is 1. The summed E-state index contributed by atoms with van der Waals surface area (Å²) < 4.78 is 5.10. The van der Waals surface area contributed by atoms with E-state index in [-0.39, 0.29) is 11.3 Å². The molecule has 1 atom stereocenters. The highest BCUT2D eigenvalue weighted by molar-refractivity contribution is 5.77. The molecule has 1 aromatic rings. The molecule has 1 N–H and O–H groups in total. The van der Waals surface area contributed by atoms with Gasteiger partial charge >= 0.3 is 0 Å². The van der Waals surface area contributed by atoms with Crippen molar-refractivity contribution in [3.05, 3.63) is 12.4 Å². The molecule has 2 fully saturated rings. The van der Waals surface area contributed by atoms with Gasteiger partial charge in [-0.2, -0.15) is 0 Å². The fourth-order valence-corrected chi connectivity index (χ4v) is 3.75. The Bertz CT molecular complexity index is 568. The van der Waals surface area contributed by atoms with Crippen LogP contribution in [0.3, 0.4) is 0 Å². The highest BCUT2D eigenvalue weighted by atomic mass is 16.5. The van der Waals surface area contributed by atoms with Gasteiger partial charge in [0.1, 0.15) is 0 Å². The molecule has 0 radical (unpaired) electrons. The Kier molecular flexibility index (Phi) is 4.89. The summed E-state index contributed by atoms with van der Waals surface area (Å²) in [5, 5.41) is 9.61. The molecular formula is C17H26N4O3. The molecule has 1 aromatic heterocycles. The molecule has 1 unspecified atom stereocenters. The maximum Gasteiger partial charge on any atom is 0.225 e. The van der Waals surface area contributed by atoms with Gasteiger partial charge in [0.05, 0.1) is 25.6 Å². The molecule has 24 heavy (non-hydrogen) atoms. The van der Waals surface area contributed by atoms with E-state index in [0.717, 1.165) is 44.8 Å². The number of methoxy groups -OCH3 is 1. The number of aromatic nitrogens is 2. The summed E-state index contributed by atoms with van der Waals surface area (Å²) in [6, 6.07) is 0. The number of aliphatic hydroxyl groups excluding tert-OH is 1. The minimum atomic E-state index is -0.475. The van der Waals surface area contributed by atoms with E-state index >= 15 is 0 Å². The SMILES string of the molecule is COc1cnc(N2CCC3(CCC(=O)N(CC(C)O)C3)CC2)nc1. The predicted molar refractivity (Wildman–Crippen MR) is 90.0 cm³/mol. The molecular weight excluding hydrogens is 308 g/mol. The van der Waals surface area contributed by atoms with Gasteiger partial charge in [-0.3, -0.25) is 4.79 Å². The van der Waals surface area contributed by atoms with Crippen LogP contribution in [0.5, 0.6) is 5.75 Å². The molecule has 2 aliphatic heterocycles. The largest absolute Gasteiger partial charge is 0.494 e. The first-order valence-corrected chi connectivity index (χ1v) is 8.58. The number of β-amino-alcohol motifs (C(OH)–C–C–N with tert-alkyl or cyclic N) is 1. The first kappa shape index (κ1) is 17.0. The monoisotopic (exact) mass is 334 g/mol. The molecule has 1 amide bonds. The molecule has 0 aromatic carbocycles. The second kappa shape index (κ2) is 6.93. The molecule has 2 aliphatic rings. The van der Waals surface area contributed by atoms with E-state index in [1.807, 2.05) is 4.90 Å². The van der Waals surface area contributed by atoms with E-state index in [1.54, 1.807) is 26.4 Å². The van der Waals surface area contributed by atoms with Gasteiger partial charge in [0.25, 0.3) is 0 Å². The Labute approximate surface area is 142 Å². The number of amides is 1. The van der Waals surface area contributed by atoms with Gasteiger partial charge in [0.2, 0.25) is 11.9 Å². The third kappa shape index (κ3) is 3.61. The number of rotatable bonds is 4. The van der Waals surface area contributed by atoms with Crippen LogP contribution >= 0.6 is 0 Å². The van der Waals surface area contributed by atoms with E-state index in [4.69, 9.17) is 4.74 Å². The zero-order chi connectivity index (χ0) is 17.2. The van der Waals surface area contributed by atoms with Gasteiger partial charge in [0, 0.05) is 32.6 Å². The van der Waals surface area contributed by atoms with Crippen molar-refractivity contribution in [2.45, 2.75) is 38.7 Å². The predicted octanol–water partition coefficient (Wildman–Crippen LogP) is 1.07. The summed E-state index contributed by atoms with van der Waals surface area (Å²) in [5.74, 6) is 1.56. The van der Waals surface area contributed by atoms with Crippen molar-refractivity contribution < 1.29 is 14.6 Å². The second-order valence-corrected chi connectivity index (χ2v) is 7.03. The van der Waals surface area contributed by atoms with E-state index in [9.17, 15) is 9.90 Å². The van der Waals surface area contributed by atoms with Crippen LogP contribution in [0.4, 0.5) is 5.95 Å². The smallest absolute Gasteiger partial charge is 0.225 e. The van der Waals surface area contributed by atoms with Crippen molar-refractivity contribution in [2.24, 2.45) is 5.41 Å². The normalized spacial score (nSPS) is 21.9. The molecule has 0 aliphatic carbocycles. The van der Waals surface area contributed by atoms with Crippen molar-refractivity contribution in [3.8, 4) is 5.75 Å². The van der Waals surface area contributed by atoms with Crippen LogP contribution in [0.25, 0.3) is 0 Å². The zero-order valence-corrected chi connectivity index (χ0v) is 14.4. The standard InChI is InChI=1S/C17H26N4O3/c1-13(22)11-21-12-17(4-3-15(21)23)5-7-20(8-6-17)16-18-9-14(24-2)10-19-16/h9-10,13,22H,3-8,11-12H2,1-2H3. The highest BCUT2D eigenvalue weighted by Gasteiger charge is 2.41. The van der Waals surface area contributed by atoms with Crippen molar-refractivity contribution in [3.63, 3.8) is 0 Å². The van der Waals surface area contributed by atoms with Gasteiger partial charge in [0.15, 0.2) is 5.75 Å². The first-order chi connectivity index (χ1) is 11.5. The van der Waals surface area contributed by atoms with Gasteiger partial charge in [-0.15, -0.1) is 0 Å². The molecule has 0 bridgehead atoms. The maximum atomic E-state index is 12.1. The number of carbonyl (C=O) groups is 1. The Balaban J connectivity index is 1.61. The van der Waals surface area contributed by atoms with Crippen molar-refractivity contribution in [1.29, 1.82) is 0 Å². The lowest BCUT2D eigenvalue weighted by atomic mass is 9.72. The Morgan fingerprint density at radius 1 is 1.29 bits per heavy atom. The zero-order valence-electron chi connectivity index (χ0n) is 14.4. The van der Waals surface area contributed by atoms with Crippen LogP contribution in [-0.2, 0) is 4.79 Å². The number of carbonyl (C=O) groups excluding carboxylic acids is 1. The summed E-state index contributed by atoms with van der Waals surface area (Å²) in [7, 11) is 1.60. The number of anilines is 1. The lowest BCUT2D eigenvalue weighted by Gasteiger charge is -2.47. The molecule has 2 saturated heterocycles. The van der Waals surface area contributed by atoms with E-state index < -0.39 is 6.10 Å². The second-order valence-electron chi connectivity index (χ2n) is 7.03. The number of ether oxygens (including phenoxy) is 1. The summed E-state index contributed by atoms with van der Waals surface area (Å²) in [6.07, 6.45) is 6.48. The molecule has 7 nitrogen and oxygen atoms in total. The molecule has 3 rings (SSSR count). The Hall–Kier alpha value is -1.89. The summed E-state index contributed by atoms with van der Waals surface area (Å²) >= 11 is 0. The van der Waals surface area contributed by atoms with E-state index in [1.165, 1.54) is 0 Å². The number of hydrogen-bond acceptors (Lipinski definition) is 6. The van der Waals surface area contributed by atoms with Crippen LogP contribution < -0.4 is 9.64 Å². The Morgan fingerprint density at radius 3 is 2.54 bits per heavy atom. The van der Waals surface area contributed by atoms with E-state index in [0.29, 0.717) is 18.7 Å². The number of aliphatic hydroxyl groups is 1. The highest BCUT2D eigenvalue weighted by Crippen LogP contribution is 2.40. The summed E-state index contributed by atoms with van der Waals surface area (Å²) in [6.45, 7) is 4.71. The van der Waals surface area contributed by atoms with Crippen molar-refractivity contribution in [1.82, 2.24) is 14.9 Å². The number of likely N-dealkylation sites (tertiary alicyclic amines) is 1. The minimum Gasteiger partial charge on any atom is -0.494 e. The lowest BCUT2D eigenvalue weighted by Crippen LogP contribution is -2.53. The number of piperidine rings is 2. The molecule has 0 saturated carbocycles. The van der Waals surface area contributed by atoms with Crippen LogP contribution in [0.2, 0.25) is 0 Å².